The van der Waals surface area contributed by atoms with Crippen molar-refractivity contribution >= 4 is 28.6 Å². The minimum absolute atomic E-state index is 0.727. The van der Waals surface area contributed by atoms with E-state index in [0.717, 1.165) is 49.7 Å². The number of hydrogen-bond acceptors (Lipinski definition) is 4. The Balaban J connectivity index is 1.68. The SMILES string of the molecule is C/C=C/S(=O)Nc1cccc(N2CCN(Cc3ccccc3)CC2)c1C=N. The van der Waals surface area contributed by atoms with Gasteiger partial charge in [0.25, 0.3) is 0 Å². The van der Waals surface area contributed by atoms with Gasteiger partial charge in [0.05, 0.1) is 5.69 Å². The molecule has 1 heterocycles. The Bertz CT molecular complexity index is 814. The number of piperazine rings is 1. The van der Waals surface area contributed by atoms with Crippen molar-refractivity contribution in [1.29, 1.82) is 5.41 Å². The Morgan fingerprint density at radius 1 is 1.07 bits per heavy atom. The number of benzene rings is 2. The summed E-state index contributed by atoms with van der Waals surface area (Å²) in [6.07, 6.45) is 3.10. The Morgan fingerprint density at radius 3 is 2.48 bits per heavy atom. The topological polar surface area (TPSA) is 59.4 Å². The highest BCUT2D eigenvalue weighted by molar-refractivity contribution is 7.89. The van der Waals surface area contributed by atoms with E-state index in [1.54, 1.807) is 11.5 Å². The quantitative estimate of drug-likeness (QED) is 0.719. The van der Waals surface area contributed by atoms with Gasteiger partial charge in [0.1, 0.15) is 11.0 Å². The van der Waals surface area contributed by atoms with Gasteiger partial charge in [0.2, 0.25) is 0 Å². The summed E-state index contributed by atoms with van der Waals surface area (Å²) in [7, 11) is -1.29. The van der Waals surface area contributed by atoms with Crippen LogP contribution in [0.5, 0.6) is 0 Å². The maximum absolute atomic E-state index is 12.0. The van der Waals surface area contributed by atoms with Gasteiger partial charge in [-0.1, -0.05) is 42.5 Å². The smallest absolute Gasteiger partial charge is 0.142 e. The van der Waals surface area contributed by atoms with Crippen LogP contribution in [0.4, 0.5) is 11.4 Å². The Hall–Kier alpha value is -2.44. The van der Waals surface area contributed by atoms with Crippen LogP contribution in [-0.4, -0.2) is 41.5 Å². The van der Waals surface area contributed by atoms with Gasteiger partial charge in [-0.25, -0.2) is 4.21 Å². The molecule has 6 heteroatoms. The second kappa shape index (κ2) is 9.48. The van der Waals surface area contributed by atoms with E-state index in [1.807, 2.05) is 31.2 Å². The molecule has 1 atom stereocenters. The maximum atomic E-state index is 12.0. The lowest BCUT2D eigenvalue weighted by molar-refractivity contribution is 0.250. The Labute approximate surface area is 163 Å². The number of allylic oxidation sites excluding steroid dienone is 1. The fourth-order valence-electron chi connectivity index (χ4n) is 3.32. The van der Waals surface area contributed by atoms with Crippen LogP contribution < -0.4 is 9.62 Å². The van der Waals surface area contributed by atoms with Gasteiger partial charge in [0, 0.05) is 55.6 Å². The summed E-state index contributed by atoms with van der Waals surface area (Å²) in [5.41, 5.74) is 3.87. The van der Waals surface area contributed by atoms with Crippen molar-refractivity contribution in [3.63, 3.8) is 0 Å². The average molecular weight is 383 g/mol. The Morgan fingerprint density at radius 2 is 1.81 bits per heavy atom. The van der Waals surface area contributed by atoms with Crippen LogP contribution in [0.25, 0.3) is 0 Å². The van der Waals surface area contributed by atoms with E-state index in [1.165, 1.54) is 11.8 Å². The zero-order chi connectivity index (χ0) is 19.1. The van der Waals surface area contributed by atoms with Crippen LogP contribution in [0.3, 0.4) is 0 Å². The number of nitrogens with one attached hydrogen (secondary N) is 2. The number of anilines is 2. The largest absolute Gasteiger partial charge is 0.368 e. The van der Waals surface area contributed by atoms with E-state index in [9.17, 15) is 4.21 Å². The summed E-state index contributed by atoms with van der Waals surface area (Å²) in [5, 5.41) is 9.46. The molecule has 27 heavy (non-hydrogen) atoms. The Kier molecular flexibility index (Phi) is 6.79. The summed E-state index contributed by atoms with van der Waals surface area (Å²) < 4.78 is 15.0. The summed E-state index contributed by atoms with van der Waals surface area (Å²) in [5.74, 6) is 0. The zero-order valence-corrected chi connectivity index (χ0v) is 16.4. The van der Waals surface area contributed by atoms with Gasteiger partial charge in [-0.2, -0.15) is 0 Å². The van der Waals surface area contributed by atoms with Gasteiger partial charge >= 0.3 is 0 Å². The van der Waals surface area contributed by atoms with E-state index in [4.69, 9.17) is 5.41 Å². The van der Waals surface area contributed by atoms with Crippen LogP contribution in [-0.2, 0) is 17.5 Å². The van der Waals surface area contributed by atoms with Crippen LogP contribution in [0.1, 0.15) is 18.1 Å². The van der Waals surface area contributed by atoms with E-state index in [2.05, 4.69) is 38.8 Å². The molecule has 1 aliphatic rings. The molecule has 142 valence electrons. The standard InChI is InChI=1S/C21H26N4OS/c1-2-15-27(26)23-20-9-6-10-21(19(20)16-22)25-13-11-24(12-14-25)17-18-7-4-3-5-8-18/h2-10,15-16,22-23H,11-14,17H2,1H3/b15-2+,22-16?. The molecule has 2 N–H and O–H groups in total. The lowest BCUT2D eigenvalue weighted by Crippen LogP contribution is -2.46. The predicted molar refractivity (Wildman–Crippen MR) is 115 cm³/mol. The highest BCUT2D eigenvalue weighted by atomic mass is 32.2. The molecular formula is C21H26N4OS. The second-order valence-electron chi connectivity index (χ2n) is 6.50. The van der Waals surface area contributed by atoms with Gasteiger partial charge in [-0.05, 0) is 24.6 Å². The molecule has 0 spiro atoms. The molecule has 0 radical (unpaired) electrons. The molecule has 1 unspecified atom stereocenters. The highest BCUT2D eigenvalue weighted by Crippen LogP contribution is 2.27. The minimum Gasteiger partial charge on any atom is -0.368 e. The fraction of sp³-hybridized carbons (Fsp3) is 0.286. The zero-order valence-electron chi connectivity index (χ0n) is 15.6. The van der Waals surface area contributed by atoms with Gasteiger partial charge in [-0.15, -0.1) is 0 Å². The third-order valence-electron chi connectivity index (χ3n) is 4.66. The molecule has 3 rings (SSSR count). The number of hydrogen-bond donors (Lipinski definition) is 2. The molecule has 1 fully saturated rings. The first-order valence-electron chi connectivity index (χ1n) is 9.16. The predicted octanol–water partition coefficient (Wildman–Crippen LogP) is 3.62. The highest BCUT2D eigenvalue weighted by Gasteiger charge is 2.20. The van der Waals surface area contributed by atoms with Crippen molar-refractivity contribution in [2.75, 3.05) is 35.8 Å². The molecule has 1 aliphatic heterocycles. The summed E-state index contributed by atoms with van der Waals surface area (Å²) in [6, 6.07) is 16.4. The molecule has 2 aromatic rings. The van der Waals surface area contributed by atoms with Crippen molar-refractivity contribution in [3.8, 4) is 0 Å². The lowest BCUT2D eigenvalue weighted by atomic mass is 10.1. The van der Waals surface area contributed by atoms with Crippen molar-refractivity contribution < 1.29 is 4.21 Å². The summed E-state index contributed by atoms with van der Waals surface area (Å²) in [6.45, 7) is 6.59. The maximum Gasteiger partial charge on any atom is 0.142 e. The molecule has 0 amide bonds. The molecule has 2 aromatic carbocycles. The summed E-state index contributed by atoms with van der Waals surface area (Å²) >= 11 is 0. The molecule has 0 saturated carbocycles. The average Bonchev–Trinajstić information content (AvgIpc) is 2.69. The van der Waals surface area contributed by atoms with Crippen molar-refractivity contribution in [2.24, 2.45) is 0 Å². The number of rotatable bonds is 7. The van der Waals surface area contributed by atoms with Gasteiger partial charge in [0.15, 0.2) is 0 Å². The van der Waals surface area contributed by atoms with E-state index in [-0.39, 0.29) is 0 Å². The minimum atomic E-state index is -1.29. The van der Waals surface area contributed by atoms with Crippen molar-refractivity contribution in [1.82, 2.24) is 4.90 Å². The first-order valence-corrected chi connectivity index (χ1v) is 10.4. The van der Waals surface area contributed by atoms with E-state index in [0.29, 0.717) is 0 Å². The first-order chi connectivity index (χ1) is 13.2. The van der Waals surface area contributed by atoms with Gasteiger partial charge < -0.3 is 15.0 Å². The first kappa shape index (κ1) is 19.3. The normalized spacial score (nSPS) is 16.4. The molecule has 0 aromatic heterocycles. The lowest BCUT2D eigenvalue weighted by Gasteiger charge is -2.37. The third kappa shape index (κ3) is 5.05. The van der Waals surface area contributed by atoms with E-state index >= 15 is 0 Å². The van der Waals surface area contributed by atoms with Crippen LogP contribution in [0, 0.1) is 5.41 Å². The molecule has 1 saturated heterocycles. The second-order valence-corrected chi connectivity index (χ2v) is 7.57. The van der Waals surface area contributed by atoms with Crippen LogP contribution in [0.2, 0.25) is 0 Å². The van der Waals surface area contributed by atoms with Crippen molar-refractivity contribution in [2.45, 2.75) is 13.5 Å². The van der Waals surface area contributed by atoms with Crippen LogP contribution >= 0.6 is 0 Å². The molecule has 0 aliphatic carbocycles. The third-order valence-corrected chi connectivity index (χ3v) is 5.60. The molecular weight excluding hydrogens is 356 g/mol. The van der Waals surface area contributed by atoms with Gasteiger partial charge in [-0.3, -0.25) is 4.90 Å². The molecule has 5 nitrogen and oxygen atoms in total. The van der Waals surface area contributed by atoms with Crippen molar-refractivity contribution in [3.05, 3.63) is 71.1 Å². The van der Waals surface area contributed by atoms with E-state index < -0.39 is 11.0 Å². The fourth-order valence-corrected chi connectivity index (χ4v) is 4.03. The number of nitrogens with zero attached hydrogens (tertiary/aromatic N) is 2. The summed E-state index contributed by atoms with van der Waals surface area (Å²) in [4.78, 5) is 4.77. The van der Waals surface area contributed by atoms with Crippen LogP contribution in [0.15, 0.2) is 60.0 Å². The monoisotopic (exact) mass is 382 g/mol. The molecule has 0 bridgehead atoms.